The van der Waals surface area contributed by atoms with Crippen molar-refractivity contribution in [1.82, 2.24) is 9.34 Å². The van der Waals surface area contributed by atoms with Crippen LogP contribution < -0.4 is 54.3 Å². The Hall–Kier alpha value is 1.23. The van der Waals surface area contributed by atoms with Crippen molar-refractivity contribution in [2.75, 3.05) is 28.2 Å². The summed E-state index contributed by atoms with van der Waals surface area (Å²) in [5, 5.41) is 1.09. The van der Waals surface area contributed by atoms with Gasteiger partial charge in [-0.2, -0.15) is 13.8 Å². The number of hydrogen-bond donors (Lipinski definition) is 0. The van der Waals surface area contributed by atoms with Crippen LogP contribution in [0.1, 0.15) is 13.8 Å². The molecule has 0 unspecified atom stereocenters. The average Bonchev–Trinajstić information content (AvgIpc) is 2.80. The molecule has 39 heavy (non-hydrogen) atoms. The van der Waals surface area contributed by atoms with E-state index in [2.05, 4.69) is 15.9 Å². The summed E-state index contributed by atoms with van der Waals surface area (Å²) in [4.78, 5) is 0. The van der Waals surface area contributed by atoms with Crippen molar-refractivity contribution in [2.24, 2.45) is 0 Å². The van der Waals surface area contributed by atoms with Crippen LogP contribution in [0.2, 0.25) is 0 Å². The molecule has 0 heterocycles. The van der Waals surface area contributed by atoms with Crippen molar-refractivity contribution < 1.29 is 56.8 Å². The van der Waals surface area contributed by atoms with Gasteiger partial charge in [0.05, 0.1) is 4.47 Å². The molecule has 0 radical (unpaired) electrons. The van der Waals surface area contributed by atoms with E-state index in [9.17, 15) is 13.2 Å². The van der Waals surface area contributed by atoms with Gasteiger partial charge in [0.2, 0.25) is 0 Å². The quantitative estimate of drug-likeness (QED) is 0.205. The van der Waals surface area contributed by atoms with E-state index in [0.717, 1.165) is 0 Å². The second-order valence-electron chi connectivity index (χ2n) is 7.12. The van der Waals surface area contributed by atoms with Gasteiger partial charge < -0.3 is 31.2 Å². The van der Waals surface area contributed by atoms with E-state index in [-0.39, 0.29) is 84.2 Å². The molecule has 0 saturated heterocycles. The molecule has 0 N–H and O–H groups in total. The SMILES string of the molecule is CN(C)P(Cl)Cl.CN(C)P(c1ccccc1F)c1ccccc1F.C[CH-]C.Fc1ccccc1Br.[Cl-].[Cl-].[Li+].[Mg+2]. The fourth-order valence-corrected chi connectivity index (χ4v) is 4.66. The molecule has 0 aliphatic carbocycles. The Morgan fingerprint density at radius 1 is 0.667 bits per heavy atom. The van der Waals surface area contributed by atoms with Crippen LogP contribution in [-0.4, -0.2) is 60.6 Å². The third-order valence-corrected chi connectivity index (χ3v) is 9.19. The second kappa shape index (κ2) is 29.3. The third kappa shape index (κ3) is 21.6. The molecule has 3 aromatic carbocycles. The first-order valence-corrected chi connectivity index (χ1v) is 15.6. The zero-order chi connectivity index (χ0) is 27.0. The van der Waals surface area contributed by atoms with E-state index in [4.69, 9.17) is 22.5 Å². The molecule has 0 amide bonds. The van der Waals surface area contributed by atoms with Crippen molar-refractivity contribution in [2.45, 2.75) is 13.8 Å². The Morgan fingerprint density at radius 2 is 0.949 bits per heavy atom. The van der Waals surface area contributed by atoms with Crippen molar-refractivity contribution in [1.29, 1.82) is 0 Å². The standard InChI is InChI=1S/C14H14F2NP.C6H4BrF.C3H7.C2H6Cl2NP.2ClH.Li.Mg/c1-17(2)18(13-9-5-3-7-11(13)15)14-10-6-4-8-12(14)16;7-5-3-1-2-4-6(5)8;1-3-2;1-5(2)6(3)4;;;;/h3-10H,1-2H3;1-4H;3H,1-2H3;1-2H3;2*1H;;/q;;-1;;;;+1;+2/p-2. The van der Waals surface area contributed by atoms with Gasteiger partial charge in [-0.1, -0.05) is 58.9 Å². The van der Waals surface area contributed by atoms with E-state index in [1.54, 1.807) is 59.3 Å². The molecule has 210 valence electrons. The minimum absolute atomic E-state index is 0. The van der Waals surface area contributed by atoms with Crippen LogP contribution in [0, 0.1) is 23.9 Å². The molecule has 0 aliphatic heterocycles. The van der Waals surface area contributed by atoms with Crippen LogP contribution in [0.15, 0.2) is 77.3 Å². The molecule has 0 atom stereocenters. The van der Waals surface area contributed by atoms with Gasteiger partial charge >= 0.3 is 41.9 Å². The number of halogens is 8. The normalized spacial score (nSPS) is 9.23. The van der Waals surface area contributed by atoms with E-state index in [1.807, 2.05) is 53.1 Å². The summed E-state index contributed by atoms with van der Waals surface area (Å²) in [6.07, 6.45) is 2.00. The average molecular weight is 731 g/mol. The Balaban J connectivity index is -0.000000155. The number of nitrogens with zero attached hydrogens (tertiary/aromatic N) is 2. The molecule has 2 nitrogen and oxygen atoms in total. The number of rotatable bonds is 4. The van der Waals surface area contributed by atoms with E-state index in [0.29, 0.717) is 15.1 Å². The monoisotopic (exact) mass is 728 g/mol. The molecular formula is C25H31BrCl4F3LiMgN2P2. The van der Waals surface area contributed by atoms with Crippen molar-refractivity contribution in [3.8, 4) is 0 Å². The van der Waals surface area contributed by atoms with Gasteiger partial charge in [0.25, 0.3) is 0 Å². The summed E-state index contributed by atoms with van der Waals surface area (Å²) in [6, 6.07) is 19.6. The summed E-state index contributed by atoms with van der Waals surface area (Å²) >= 11 is 13.8. The van der Waals surface area contributed by atoms with Gasteiger partial charge in [-0.05, 0) is 80.5 Å². The van der Waals surface area contributed by atoms with Crippen LogP contribution >= 0.6 is 53.3 Å². The van der Waals surface area contributed by atoms with Gasteiger partial charge in [-0.15, -0.1) is 0 Å². The van der Waals surface area contributed by atoms with Crippen molar-refractivity contribution in [3.05, 3.63) is 101 Å². The van der Waals surface area contributed by atoms with Crippen LogP contribution in [0.3, 0.4) is 0 Å². The first kappa shape index (κ1) is 49.9. The Bertz CT molecular complexity index is 931. The Kier molecular flexibility index (Phi) is 37.5. The third-order valence-electron chi connectivity index (χ3n) is 3.69. The first-order valence-electron chi connectivity index (χ1n) is 10.4. The topological polar surface area (TPSA) is 6.48 Å². The predicted octanol–water partition coefficient (Wildman–Crippen LogP) is -0.424. The summed E-state index contributed by atoms with van der Waals surface area (Å²) in [7, 11) is 6.19. The molecule has 0 saturated carbocycles. The maximum atomic E-state index is 13.9. The van der Waals surface area contributed by atoms with Gasteiger partial charge in [0.1, 0.15) is 17.5 Å². The van der Waals surface area contributed by atoms with Gasteiger partial charge in [-0.25, -0.2) is 13.2 Å². The molecular weight excluding hydrogens is 700 g/mol. The number of benzene rings is 3. The van der Waals surface area contributed by atoms with E-state index >= 15 is 0 Å². The van der Waals surface area contributed by atoms with Gasteiger partial charge in [-0.3, -0.25) is 9.34 Å². The van der Waals surface area contributed by atoms with Crippen LogP contribution in [0.25, 0.3) is 0 Å². The molecule has 0 spiro atoms. The fraction of sp³-hybridized carbons (Fsp3) is 0.240. The predicted molar refractivity (Wildman–Crippen MR) is 160 cm³/mol. The van der Waals surface area contributed by atoms with E-state index < -0.39 is 14.9 Å². The fourth-order valence-electron chi connectivity index (χ4n) is 2.25. The first-order chi connectivity index (χ1) is 16.5. The van der Waals surface area contributed by atoms with Gasteiger partial charge in [0.15, 0.2) is 6.78 Å². The van der Waals surface area contributed by atoms with Crippen molar-refractivity contribution >= 4 is 86.9 Å². The minimum Gasteiger partial charge on any atom is -1.00 e. The van der Waals surface area contributed by atoms with Crippen LogP contribution in [0.5, 0.6) is 0 Å². The Labute approximate surface area is 293 Å². The van der Waals surface area contributed by atoms with E-state index in [1.165, 1.54) is 18.2 Å². The maximum absolute atomic E-state index is 13.9. The second-order valence-corrected chi connectivity index (χ2v) is 14.0. The molecule has 3 aromatic rings. The van der Waals surface area contributed by atoms with Crippen LogP contribution in [-0.2, 0) is 0 Å². The number of hydrogen-bond acceptors (Lipinski definition) is 2. The van der Waals surface area contributed by atoms with Crippen molar-refractivity contribution in [3.63, 3.8) is 0 Å². The molecule has 0 aromatic heterocycles. The zero-order valence-electron chi connectivity index (χ0n) is 23.0. The molecule has 0 aliphatic rings. The zero-order valence-corrected chi connectivity index (χ0v) is 30.8. The summed E-state index contributed by atoms with van der Waals surface area (Å²) in [5.41, 5.74) is 0. The molecule has 3 rings (SSSR count). The minimum atomic E-state index is -1.17. The summed E-state index contributed by atoms with van der Waals surface area (Å²) < 4.78 is 44.2. The molecule has 0 bridgehead atoms. The van der Waals surface area contributed by atoms with Gasteiger partial charge in [0, 0.05) is 18.7 Å². The molecule has 0 fully saturated rings. The summed E-state index contributed by atoms with van der Waals surface area (Å²) in [6.45, 7) is 3.12. The summed E-state index contributed by atoms with van der Waals surface area (Å²) in [5.74, 6) is -0.798. The smallest absolute Gasteiger partial charge is 1.00 e. The molecule has 14 heteroatoms. The Morgan fingerprint density at radius 3 is 1.15 bits per heavy atom. The largest absolute Gasteiger partial charge is 2.00 e. The maximum Gasteiger partial charge on any atom is 2.00 e. The van der Waals surface area contributed by atoms with Crippen LogP contribution in [0.4, 0.5) is 13.2 Å².